The maximum atomic E-state index is 2.46. The van der Waals surface area contributed by atoms with Crippen molar-refractivity contribution in [3.8, 4) is 22.3 Å². The Hall–Kier alpha value is -7.68. The van der Waals surface area contributed by atoms with Gasteiger partial charge in [-0.2, -0.15) is 0 Å². The van der Waals surface area contributed by atoms with E-state index in [2.05, 4.69) is 240 Å². The topological polar surface area (TPSA) is 6.48 Å². The summed E-state index contributed by atoms with van der Waals surface area (Å²) in [6.45, 7) is 0. The fraction of sp³-hybridized carbons (Fsp3) is 0.0345. The molecule has 0 bridgehead atoms. The lowest BCUT2D eigenvalue weighted by molar-refractivity contribution is 0.918. The zero-order valence-corrected chi connectivity index (χ0v) is 33.2. The first-order valence-corrected chi connectivity index (χ1v) is 20.9. The molecule has 2 heteroatoms. The van der Waals surface area contributed by atoms with E-state index < -0.39 is 0 Å². The number of hydrogen-bond donors (Lipinski definition) is 0. The number of hydrogen-bond acceptors (Lipinski definition) is 2. The molecule has 0 amide bonds. The molecule has 0 fully saturated rings. The van der Waals surface area contributed by atoms with Crippen molar-refractivity contribution in [3.63, 3.8) is 0 Å². The highest BCUT2D eigenvalue weighted by Crippen LogP contribution is 2.49. The van der Waals surface area contributed by atoms with Gasteiger partial charge >= 0.3 is 0 Å². The van der Waals surface area contributed by atoms with E-state index in [9.17, 15) is 0 Å². The number of para-hydroxylation sites is 3. The molecule has 0 atom stereocenters. The predicted octanol–water partition coefficient (Wildman–Crippen LogP) is 16.5. The van der Waals surface area contributed by atoms with Gasteiger partial charge in [-0.15, -0.1) is 0 Å². The summed E-state index contributed by atoms with van der Waals surface area (Å²) in [5.41, 5.74) is 11.8. The van der Waals surface area contributed by atoms with Crippen LogP contribution in [0.15, 0.2) is 236 Å². The second-order valence-corrected chi connectivity index (χ2v) is 15.6. The Morgan fingerprint density at radius 2 is 0.883 bits per heavy atom. The molecule has 0 radical (unpaired) electrons. The third-order valence-electron chi connectivity index (χ3n) is 12.0. The minimum absolute atomic E-state index is 0.974. The second-order valence-electron chi connectivity index (χ2n) is 15.6. The summed E-state index contributed by atoms with van der Waals surface area (Å²) in [7, 11) is 0. The average molecular weight is 767 g/mol. The molecular weight excluding hydrogens is 725 g/mol. The Balaban J connectivity index is 1.28. The van der Waals surface area contributed by atoms with Crippen LogP contribution in [0.1, 0.15) is 12.8 Å². The molecule has 1 aliphatic carbocycles. The van der Waals surface area contributed by atoms with Crippen molar-refractivity contribution < 1.29 is 0 Å². The van der Waals surface area contributed by atoms with Crippen LogP contribution in [0.25, 0.3) is 65.3 Å². The zero-order valence-electron chi connectivity index (χ0n) is 33.2. The van der Waals surface area contributed by atoms with Crippen LogP contribution in [-0.4, -0.2) is 0 Å². The highest BCUT2D eigenvalue weighted by molar-refractivity contribution is 6.25. The highest BCUT2D eigenvalue weighted by atomic mass is 15.2. The first-order chi connectivity index (χ1) is 29.8. The molecular formula is C58H42N2. The number of anilines is 5. The SMILES string of the molecule is C1=CCCC(N(c2ccccc2)c2ccc3c(-c4ccc5ccccc5c4)c4cc(N(c5ccccc5)c5ccccc5)ccc4c(-c4cccc5ccccc45)c3c2)=C1. The largest absolute Gasteiger partial charge is 0.314 e. The van der Waals surface area contributed by atoms with E-state index >= 15 is 0 Å². The van der Waals surface area contributed by atoms with Crippen LogP contribution < -0.4 is 9.80 Å². The molecule has 1 aliphatic rings. The zero-order chi connectivity index (χ0) is 39.8. The van der Waals surface area contributed by atoms with Gasteiger partial charge in [0.15, 0.2) is 0 Å². The lowest BCUT2D eigenvalue weighted by Gasteiger charge is -2.30. The molecule has 10 aromatic rings. The van der Waals surface area contributed by atoms with Gasteiger partial charge in [0.05, 0.1) is 0 Å². The van der Waals surface area contributed by atoms with E-state index in [4.69, 9.17) is 0 Å². The first-order valence-electron chi connectivity index (χ1n) is 20.9. The van der Waals surface area contributed by atoms with Crippen LogP contribution in [0.4, 0.5) is 28.4 Å². The molecule has 0 aliphatic heterocycles. The summed E-state index contributed by atoms with van der Waals surface area (Å²) in [6.07, 6.45) is 8.74. The lowest BCUT2D eigenvalue weighted by Crippen LogP contribution is -2.17. The molecule has 0 N–H and O–H groups in total. The molecule has 0 spiro atoms. The van der Waals surface area contributed by atoms with Crippen molar-refractivity contribution in [1.82, 2.24) is 0 Å². The number of fused-ring (bicyclic) bond motifs is 4. The predicted molar refractivity (Wildman–Crippen MR) is 257 cm³/mol. The van der Waals surface area contributed by atoms with E-state index in [1.807, 2.05) is 0 Å². The minimum Gasteiger partial charge on any atom is -0.314 e. The quantitative estimate of drug-likeness (QED) is 0.142. The summed E-state index contributed by atoms with van der Waals surface area (Å²) in [5, 5.41) is 9.81. The highest BCUT2D eigenvalue weighted by Gasteiger charge is 2.23. The molecule has 60 heavy (non-hydrogen) atoms. The number of benzene rings is 10. The normalized spacial score (nSPS) is 12.6. The van der Waals surface area contributed by atoms with Crippen molar-refractivity contribution in [2.24, 2.45) is 0 Å². The molecule has 0 unspecified atom stereocenters. The Labute approximate surface area is 351 Å². The third-order valence-corrected chi connectivity index (χ3v) is 12.0. The summed E-state index contributed by atoms with van der Waals surface area (Å²) < 4.78 is 0. The monoisotopic (exact) mass is 766 g/mol. The van der Waals surface area contributed by atoms with Crippen molar-refractivity contribution >= 4 is 71.5 Å². The van der Waals surface area contributed by atoms with Gasteiger partial charge in [0.1, 0.15) is 0 Å². The van der Waals surface area contributed by atoms with Crippen molar-refractivity contribution in [2.45, 2.75) is 12.8 Å². The molecule has 10 aromatic carbocycles. The molecule has 0 aromatic heterocycles. The Morgan fingerprint density at radius 1 is 0.333 bits per heavy atom. The van der Waals surface area contributed by atoms with Gasteiger partial charge in [0.2, 0.25) is 0 Å². The van der Waals surface area contributed by atoms with Gasteiger partial charge in [-0.3, -0.25) is 0 Å². The van der Waals surface area contributed by atoms with Crippen LogP contribution in [0, 0.1) is 0 Å². The van der Waals surface area contributed by atoms with Crippen LogP contribution in [0.3, 0.4) is 0 Å². The molecule has 0 heterocycles. The Morgan fingerprint density at radius 3 is 1.55 bits per heavy atom. The smallest absolute Gasteiger partial charge is 0.0468 e. The fourth-order valence-corrected chi connectivity index (χ4v) is 9.31. The van der Waals surface area contributed by atoms with Gasteiger partial charge in [-0.25, -0.2) is 0 Å². The van der Waals surface area contributed by atoms with E-state index in [-0.39, 0.29) is 0 Å². The van der Waals surface area contributed by atoms with E-state index in [1.165, 1.54) is 71.0 Å². The lowest BCUT2D eigenvalue weighted by atomic mass is 9.84. The van der Waals surface area contributed by atoms with Gasteiger partial charge in [-0.05, 0) is 151 Å². The Kier molecular flexibility index (Phi) is 9.02. The molecule has 0 saturated heterocycles. The van der Waals surface area contributed by atoms with E-state index in [1.54, 1.807) is 0 Å². The molecule has 0 saturated carbocycles. The number of rotatable bonds is 8. The number of allylic oxidation sites excluding steroid dienone is 4. The van der Waals surface area contributed by atoms with Crippen LogP contribution in [0.2, 0.25) is 0 Å². The Bertz CT molecular complexity index is 3210. The van der Waals surface area contributed by atoms with E-state index in [0.717, 1.165) is 41.3 Å². The van der Waals surface area contributed by atoms with Crippen molar-refractivity contribution in [2.75, 3.05) is 9.80 Å². The average Bonchev–Trinajstić information content (AvgIpc) is 3.32. The minimum atomic E-state index is 0.974. The third kappa shape index (κ3) is 6.31. The van der Waals surface area contributed by atoms with Gasteiger partial charge in [-0.1, -0.05) is 158 Å². The second kappa shape index (κ2) is 15.2. The molecule has 2 nitrogen and oxygen atoms in total. The number of nitrogens with zero attached hydrogens (tertiary/aromatic N) is 2. The molecule has 11 rings (SSSR count). The van der Waals surface area contributed by atoms with Crippen LogP contribution >= 0.6 is 0 Å². The van der Waals surface area contributed by atoms with E-state index in [0.29, 0.717) is 0 Å². The van der Waals surface area contributed by atoms with Crippen LogP contribution in [0.5, 0.6) is 0 Å². The van der Waals surface area contributed by atoms with Gasteiger partial charge in [0.25, 0.3) is 0 Å². The summed E-state index contributed by atoms with van der Waals surface area (Å²) in [4.78, 5) is 4.83. The standard InChI is InChI=1S/C58H42N2/c1-5-22-45(23-6-1)59(46-24-7-2-8-25-46)49-35-37-54-55(39-49)57(44-33-32-41-18-13-14-20-43(41)38-44)53-36-34-50(60(47-26-9-3-10-27-47)48-28-11-4-12-29-48)40-56(53)58(54)52-31-17-21-42-19-15-16-30-51(42)52/h1-11,13-28,30-40H,12,29H2. The van der Waals surface area contributed by atoms with Crippen LogP contribution in [-0.2, 0) is 0 Å². The maximum absolute atomic E-state index is 2.46. The summed E-state index contributed by atoms with van der Waals surface area (Å²) in [6, 6.07) is 77.8. The summed E-state index contributed by atoms with van der Waals surface area (Å²) in [5.74, 6) is 0. The molecule has 284 valence electrons. The van der Waals surface area contributed by atoms with Crippen molar-refractivity contribution in [1.29, 1.82) is 0 Å². The first kappa shape index (κ1) is 35.5. The summed E-state index contributed by atoms with van der Waals surface area (Å²) >= 11 is 0. The van der Waals surface area contributed by atoms with Gasteiger partial charge in [0, 0.05) is 34.1 Å². The maximum Gasteiger partial charge on any atom is 0.0468 e. The fourth-order valence-electron chi connectivity index (χ4n) is 9.31. The van der Waals surface area contributed by atoms with Gasteiger partial charge < -0.3 is 9.80 Å². The van der Waals surface area contributed by atoms with Crippen molar-refractivity contribution in [3.05, 3.63) is 236 Å².